The normalized spacial score (nSPS) is 12.6. The lowest BCUT2D eigenvalue weighted by Gasteiger charge is -2.30. The van der Waals surface area contributed by atoms with Gasteiger partial charge < -0.3 is 23.8 Å². The van der Waals surface area contributed by atoms with Crippen LogP contribution in [0.5, 0.6) is 0 Å². The molecule has 3 atom stereocenters. The van der Waals surface area contributed by atoms with Gasteiger partial charge in [-0.15, -0.1) is 0 Å². The van der Waals surface area contributed by atoms with Gasteiger partial charge in [-0.3, -0.25) is 0 Å². The van der Waals surface area contributed by atoms with E-state index in [0.29, 0.717) is 0 Å². The lowest BCUT2D eigenvalue weighted by molar-refractivity contribution is -0.0863. The summed E-state index contributed by atoms with van der Waals surface area (Å²) in [4.78, 5) is 59.0. The number of rotatable bonds is 15. The third kappa shape index (κ3) is 10.2. The molecule has 10 nitrogen and oxygen atoms in total. The fourth-order valence-corrected chi connectivity index (χ4v) is 4.65. The number of hydrogen-bond donors (Lipinski definition) is 0. The molecule has 0 saturated carbocycles. The summed E-state index contributed by atoms with van der Waals surface area (Å²) in [7, 11) is 0. The van der Waals surface area contributed by atoms with Gasteiger partial charge in [0.25, 0.3) is 0 Å². The molecule has 0 aromatic heterocycles. The van der Waals surface area contributed by atoms with Crippen molar-refractivity contribution in [3.8, 4) is 0 Å². The molecular weight excluding hydrogens is 638 g/mol. The Morgan fingerprint density at radius 2 is 0.900 bits per heavy atom. The van der Waals surface area contributed by atoms with E-state index in [4.69, 9.17) is 23.8 Å². The molecule has 0 bridgehead atoms. The number of esters is 4. The van der Waals surface area contributed by atoms with Gasteiger partial charge in [-0.2, -0.15) is 0 Å². The Morgan fingerprint density at radius 1 is 0.500 bits per heavy atom. The summed E-state index contributed by atoms with van der Waals surface area (Å²) < 4.78 is 23.3. The van der Waals surface area contributed by atoms with E-state index in [2.05, 4.69) is 5.16 Å². The van der Waals surface area contributed by atoms with Crippen molar-refractivity contribution in [1.82, 2.24) is 0 Å². The molecule has 5 aromatic rings. The van der Waals surface area contributed by atoms with Gasteiger partial charge in [0.1, 0.15) is 13.2 Å². The van der Waals surface area contributed by atoms with Gasteiger partial charge in [0.05, 0.1) is 28.5 Å². The Hall–Kier alpha value is -6.55. The maximum absolute atomic E-state index is 13.6. The fourth-order valence-electron chi connectivity index (χ4n) is 4.65. The molecule has 5 rings (SSSR count). The molecule has 3 unspecified atom stereocenters. The van der Waals surface area contributed by atoms with Gasteiger partial charge in [0, 0.05) is 0 Å². The molecule has 0 amide bonds. The van der Waals surface area contributed by atoms with Crippen LogP contribution in [0.15, 0.2) is 157 Å². The van der Waals surface area contributed by atoms with E-state index in [1.165, 1.54) is 24.3 Å². The molecular formula is C40H33NO9. The van der Waals surface area contributed by atoms with Crippen LogP contribution < -0.4 is 0 Å². The highest BCUT2D eigenvalue weighted by molar-refractivity contribution is 5.92. The van der Waals surface area contributed by atoms with Gasteiger partial charge in [-0.05, 0) is 54.1 Å². The van der Waals surface area contributed by atoms with Crippen LogP contribution >= 0.6 is 0 Å². The Morgan fingerprint density at radius 3 is 1.38 bits per heavy atom. The van der Waals surface area contributed by atoms with Crippen LogP contribution in [-0.4, -0.2) is 55.0 Å². The third-order valence-corrected chi connectivity index (χ3v) is 7.21. The van der Waals surface area contributed by atoms with Gasteiger partial charge in [0.15, 0.2) is 18.3 Å². The van der Waals surface area contributed by atoms with E-state index in [0.717, 1.165) is 11.8 Å². The lowest BCUT2D eigenvalue weighted by atomic mass is 10.1. The van der Waals surface area contributed by atoms with E-state index in [-0.39, 0.29) is 28.9 Å². The molecule has 0 aliphatic heterocycles. The molecule has 0 spiro atoms. The molecule has 10 heteroatoms. The summed E-state index contributed by atoms with van der Waals surface area (Å²) in [5.74, 6) is -3.15. The van der Waals surface area contributed by atoms with Gasteiger partial charge >= 0.3 is 23.9 Å². The summed E-state index contributed by atoms with van der Waals surface area (Å²) in [6, 6.07) is 41.7. The minimum Gasteiger partial charge on any atom is -0.458 e. The van der Waals surface area contributed by atoms with Crippen molar-refractivity contribution in [2.45, 2.75) is 24.9 Å². The first kappa shape index (κ1) is 34.8. The lowest BCUT2D eigenvalue weighted by Crippen LogP contribution is -2.48. The summed E-state index contributed by atoms with van der Waals surface area (Å²) in [5.41, 5.74) is 1.59. The van der Waals surface area contributed by atoms with Crippen molar-refractivity contribution in [3.05, 3.63) is 179 Å². The van der Waals surface area contributed by atoms with E-state index >= 15 is 0 Å². The fraction of sp³-hybridized carbons (Fsp3) is 0.125. The van der Waals surface area contributed by atoms with Crippen LogP contribution in [0.2, 0.25) is 0 Å². The van der Waals surface area contributed by atoms with Gasteiger partial charge in [-0.25, -0.2) is 19.2 Å². The van der Waals surface area contributed by atoms with Crippen LogP contribution in [0.4, 0.5) is 0 Å². The summed E-state index contributed by atoms with van der Waals surface area (Å²) >= 11 is 0. The summed E-state index contributed by atoms with van der Waals surface area (Å²) in [5, 5.41) is 4.04. The van der Waals surface area contributed by atoms with Crippen LogP contribution in [0.3, 0.4) is 0 Å². The number of nitrogens with zero attached hydrogens (tertiary/aromatic N) is 1. The van der Waals surface area contributed by atoms with Crippen LogP contribution in [-0.2, 0) is 30.4 Å². The second-order valence-corrected chi connectivity index (χ2v) is 10.8. The van der Waals surface area contributed by atoms with Gasteiger partial charge in [0.2, 0.25) is 0 Å². The maximum Gasteiger partial charge on any atom is 0.338 e. The van der Waals surface area contributed by atoms with Crippen LogP contribution in [0.25, 0.3) is 0 Å². The highest BCUT2D eigenvalue weighted by atomic mass is 16.6. The quantitative estimate of drug-likeness (QED) is 0.0516. The van der Waals surface area contributed by atoms with Crippen LogP contribution in [0, 0.1) is 0 Å². The largest absolute Gasteiger partial charge is 0.458 e. The number of carbonyl (C=O) groups excluding carboxylic acids is 4. The minimum atomic E-state index is -1.59. The van der Waals surface area contributed by atoms with E-state index < -0.39 is 48.8 Å². The van der Waals surface area contributed by atoms with Gasteiger partial charge in [-0.1, -0.05) is 108 Å². The maximum atomic E-state index is 13.6. The Bertz CT molecular complexity index is 1850. The first-order valence-electron chi connectivity index (χ1n) is 15.7. The van der Waals surface area contributed by atoms with Crippen LogP contribution in [0.1, 0.15) is 47.0 Å². The zero-order chi connectivity index (χ0) is 35.0. The highest BCUT2D eigenvalue weighted by Gasteiger charge is 2.39. The predicted molar refractivity (Wildman–Crippen MR) is 183 cm³/mol. The number of ether oxygens (including phenoxy) is 4. The SMILES string of the molecule is O=C(OCC(OC(=O)c1ccccc1)C(OC(=O)c1ccccc1)C(/C=N/OCc1ccccc1)OC(=O)c1ccccc1)c1ccccc1. The average Bonchev–Trinajstić information content (AvgIpc) is 3.18. The van der Waals surface area contributed by atoms with E-state index in [9.17, 15) is 19.2 Å². The summed E-state index contributed by atoms with van der Waals surface area (Å²) in [6.45, 7) is -0.511. The molecule has 0 saturated heterocycles. The predicted octanol–water partition coefficient (Wildman–Crippen LogP) is 6.72. The highest BCUT2D eigenvalue weighted by Crippen LogP contribution is 2.20. The zero-order valence-corrected chi connectivity index (χ0v) is 26.8. The molecule has 5 aromatic carbocycles. The minimum absolute atomic E-state index is 0.0757. The summed E-state index contributed by atoms with van der Waals surface area (Å²) in [6.07, 6.45) is -3.46. The molecule has 0 N–H and O–H groups in total. The Balaban J connectivity index is 1.51. The molecule has 252 valence electrons. The van der Waals surface area contributed by atoms with Crippen molar-refractivity contribution in [2.24, 2.45) is 5.16 Å². The first-order valence-corrected chi connectivity index (χ1v) is 15.7. The first-order chi connectivity index (χ1) is 24.5. The monoisotopic (exact) mass is 671 g/mol. The number of benzene rings is 5. The second kappa shape index (κ2) is 18.1. The van der Waals surface area contributed by atoms with Crippen molar-refractivity contribution < 1.29 is 43.0 Å². The topological polar surface area (TPSA) is 127 Å². The molecule has 0 fully saturated rings. The smallest absolute Gasteiger partial charge is 0.338 e. The molecule has 0 heterocycles. The number of hydrogen-bond acceptors (Lipinski definition) is 10. The van der Waals surface area contributed by atoms with Crippen molar-refractivity contribution in [1.29, 1.82) is 0 Å². The zero-order valence-electron chi connectivity index (χ0n) is 26.8. The number of carbonyl (C=O) groups is 4. The molecule has 0 aliphatic carbocycles. The molecule has 0 aliphatic rings. The van der Waals surface area contributed by atoms with Crippen molar-refractivity contribution in [3.63, 3.8) is 0 Å². The number of oxime groups is 1. The standard InChI is InChI=1S/C40H33NO9/c42-37(30-18-8-2-9-19-30)46-28-35(49-39(44)32-22-12-4-13-23-32)36(50-40(45)33-24-14-5-15-25-33)34(48-38(43)31-20-10-3-11-21-31)26-41-47-27-29-16-6-1-7-17-29/h1-26,34-36H,27-28H2/b41-26+. The molecule has 50 heavy (non-hydrogen) atoms. The Labute approximate surface area is 288 Å². The third-order valence-electron chi connectivity index (χ3n) is 7.21. The molecule has 0 radical (unpaired) electrons. The second-order valence-electron chi connectivity index (χ2n) is 10.8. The van der Waals surface area contributed by atoms with Crippen molar-refractivity contribution >= 4 is 30.1 Å². The van der Waals surface area contributed by atoms with Crippen molar-refractivity contribution in [2.75, 3.05) is 6.61 Å². The average molecular weight is 672 g/mol. The van der Waals surface area contributed by atoms with E-state index in [1.54, 1.807) is 97.1 Å². The Kier molecular flexibility index (Phi) is 12.6. The van der Waals surface area contributed by atoms with E-state index in [1.807, 2.05) is 30.3 Å².